The molecule has 9 rings (SSSR count). The standard InChI is InChI=1S/C50H43N/c1-34-22-23-39-18-10-11-19-42(39)49(34)45-32-44-43-20-12-13-21-46(43)50(2,3)47(44)33-48(45)51(40-28-24-37(25-29-40)35-14-6-4-7-15-35)41-30-26-38(27-31-41)36-16-8-5-9-17-36/h4-9,12-17,20-33H,10-11,18-19H2,1-3H3. The first-order chi connectivity index (χ1) is 25.0. The van der Waals surface area contributed by atoms with E-state index in [0.717, 1.165) is 24.2 Å². The molecule has 0 fully saturated rings. The van der Waals surface area contributed by atoms with E-state index in [1.54, 1.807) is 0 Å². The van der Waals surface area contributed by atoms with E-state index in [4.69, 9.17) is 0 Å². The lowest BCUT2D eigenvalue weighted by Crippen LogP contribution is -2.17. The van der Waals surface area contributed by atoms with Gasteiger partial charge in [0, 0.05) is 22.4 Å². The predicted molar refractivity (Wildman–Crippen MR) is 216 cm³/mol. The van der Waals surface area contributed by atoms with Gasteiger partial charge in [-0.2, -0.15) is 0 Å². The molecule has 0 aliphatic heterocycles. The van der Waals surface area contributed by atoms with Gasteiger partial charge in [0.1, 0.15) is 0 Å². The minimum absolute atomic E-state index is 0.121. The van der Waals surface area contributed by atoms with Crippen LogP contribution < -0.4 is 4.90 Å². The Kier molecular flexibility index (Phi) is 7.73. The van der Waals surface area contributed by atoms with Crippen LogP contribution >= 0.6 is 0 Å². The van der Waals surface area contributed by atoms with Gasteiger partial charge in [-0.1, -0.05) is 135 Å². The second kappa shape index (κ2) is 12.6. The van der Waals surface area contributed by atoms with Gasteiger partial charge >= 0.3 is 0 Å². The topological polar surface area (TPSA) is 3.24 Å². The van der Waals surface area contributed by atoms with Gasteiger partial charge in [-0.05, 0) is 136 Å². The molecule has 1 heteroatoms. The fourth-order valence-corrected chi connectivity index (χ4v) is 8.74. The van der Waals surface area contributed by atoms with Crippen molar-refractivity contribution in [3.05, 3.63) is 186 Å². The Balaban J connectivity index is 1.31. The molecule has 7 aromatic carbocycles. The third-order valence-electron chi connectivity index (χ3n) is 11.4. The molecular weight excluding hydrogens is 615 g/mol. The highest BCUT2D eigenvalue weighted by molar-refractivity contribution is 5.96. The monoisotopic (exact) mass is 657 g/mol. The Labute approximate surface area is 302 Å². The summed E-state index contributed by atoms with van der Waals surface area (Å²) in [5, 5.41) is 0. The van der Waals surface area contributed by atoms with Crippen molar-refractivity contribution < 1.29 is 0 Å². The molecule has 0 N–H and O–H groups in total. The number of nitrogens with zero attached hydrogens (tertiary/aromatic N) is 1. The first-order valence-electron chi connectivity index (χ1n) is 18.5. The molecule has 0 amide bonds. The number of aryl methyl sites for hydroxylation is 2. The number of fused-ring (bicyclic) bond motifs is 4. The molecule has 0 spiro atoms. The molecule has 0 saturated carbocycles. The van der Waals surface area contributed by atoms with Gasteiger partial charge in [-0.3, -0.25) is 0 Å². The van der Waals surface area contributed by atoms with E-state index in [-0.39, 0.29) is 5.41 Å². The van der Waals surface area contributed by atoms with Crippen LogP contribution in [0, 0.1) is 6.92 Å². The number of hydrogen-bond donors (Lipinski definition) is 0. The average molecular weight is 658 g/mol. The molecule has 0 unspecified atom stereocenters. The van der Waals surface area contributed by atoms with Crippen LogP contribution in [0.3, 0.4) is 0 Å². The minimum Gasteiger partial charge on any atom is -0.310 e. The summed E-state index contributed by atoms with van der Waals surface area (Å²) in [6.45, 7) is 7.10. The van der Waals surface area contributed by atoms with Crippen LogP contribution in [-0.2, 0) is 18.3 Å². The van der Waals surface area contributed by atoms with Crippen molar-refractivity contribution in [1.29, 1.82) is 0 Å². The highest BCUT2D eigenvalue weighted by Crippen LogP contribution is 2.54. The van der Waals surface area contributed by atoms with Crippen molar-refractivity contribution in [3.8, 4) is 44.5 Å². The van der Waals surface area contributed by atoms with E-state index in [1.165, 1.54) is 90.9 Å². The van der Waals surface area contributed by atoms with Crippen LogP contribution in [-0.4, -0.2) is 0 Å². The van der Waals surface area contributed by atoms with E-state index in [9.17, 15) is 0 Å². The molecule has 1 nitrogen and oxygen atoms in total. The van der Waals surface area contributed by atoms with Gasteiger partial charge in [0.05, 0.1) is 5.69 Å². The zero-order chi connectivity index (χ0) is 34.5. The molecule has 0 atom stereocenters. The van der Waals surface area contributed by atoms with Gasteiger partial charge < -0.3 is 4.90 Å². The first-order valence-corrected chi connectivity index (χ1v) is 18.5. The van der Waals surface area contributed by atoms with Gasteiger partial charge in [-0.25, -0.2) is 0 Å². The van der Waals surface area contributed by atoms with Crippen LogP contribution in [0.15, 0.2) is 158 Å². The third-order valence-corrected chi connectivity index (χ3v) is 11.4. The number of benzene rings is 7. The molecule has 248 valence electrons. The highest BCUT2D eigenvalue weighted by atomic mass is 15.1. The Hall–Kier alpha value is -5.66. The Morgan fingerprint density at radius 3 is 1.65 bits per heavy atom. The van der Waals surface area contributed by atoms with Crippen molar-refractivity contribution in [2.24, 2.45) is 0 Å². The quantitative estimate of drug-likeness (QED) is 0.172. The second-order valence-corrected chi connectivity index (χ2v) is 14.8. The van der Waals surface area contributed by atoms with E-state index < -0.39 is 0 Å². The van der Waals surface area contributed by atoms with Gasteiger partial charge in [0.25, 0.3) is 0 Å². The third kappa shape index (κ3) is 5.40. The molecule has 7 aromatic rings. The summed E-state index contributed by atoms with van der Waals surface area (Å²) in [6, 6.07) is 58.6. The van der Waals surface area contributed by atoms with Gasteiger partial charge in [-0.15, -0.1) is 0 Å². The van der Waals surface area contributed by atoms with Crippen LogP contribution in [0.25, 0.3) is 44.5 Å². The Morgan fingerprint density at radius 2 is 1.02 bits per heavy atom. The van der Waals surface area contributed by atoms with Crippen LogP contribution in [0.1, 0.15) is 54.5 Å². The summed E-state index contributed by atoms with van der Waals surface area (Å²) in [4.78, 5) is 2.51. The maximum absolute atomic E-state index is 2.54. The van der Waals surface area contributed by atoms with Crippen molar-refractivity contribution in [1.82, 2.24) is 0 Å². The zero-order valence-corrected chi connectivity index (χ0v) is 29.8. The second-order valence-electron chi connectivity index (χ2n) is 14.8. The van der Waals surface area contributed by atoms with E-state index in [2.05, 4.69) is 183 Å². The van der Waals surface area contributed by atoms with Crippen molar-refractivity contribution in [3.63, 3.8) is 0 Å². The number of rotatable bonds is 6. The summed E-state index contributed by atoms with van der Waals surface area (Å²) in [5.74, 6) is 0. The maximum Gasteiger partial charge on any atom is 0.0543 e. The summed E-state index contributed by atoms with van der Waals surface area (Å²) >= 11 is 0. The summed E-state index contributed by atoms with van der Waals surface area (Å²) in [5.41, 5.74) is 21.0. The lowest BCUT2D eigenvalue weighted by atomic mass is 9.79. The number of hydrogen-bond acceptors (Lipinski definition) is 1. The summed E-state index contributed by atoms with van der Waals surface area (Å²) in [7, 11) is 0. The molecule has 0 radical (unpaired) electrons. The minimum atomic E-state index is -0.121. The van der Waals surface area contributed by atoms with Gasteiger partial charge in [0.15, 0.2) is 0 Å². The molecule has 0 aromatic heterocycles. The first kappa shape index (κ1) is 31.3. The molecule has 2 aliphatic carbocycles. The average Bonchev–Trinajstić information content (AvgIpc) is 3.41. The molecular formula is C50H43N. The Bertz CT molecular complexity index is 2280. The molecule has 0 saturated heterocycles. The summed E-state index contributed by atoms with van der Waals surface area (Å²) in [6.07, 6.45) is 4.79. The van der Waals surface area contributed by atoms with E-state index >= 15 is 0 Å². The Morgan fingerprint density at radius 1 is 0.471 bits per heavy atom. The molecule has 51 heavy (non-hydrogen) atoms. The fourth-order valence-electron chi connectivity index (χ4n) is 8.74. The largest absolute Gasteiger partial charge is 0.310 e. The van der Waals surface area contributed by atoms with Gasteiger partial charge in [0.2, 0.25) is 0 Å². The SMILES string of the molecule is Cc1ccc2c(c1-c1cc3c(cc1N(c1ccc(-c4ccccc4)cc1)c1ccc(-c4ccccc4)cc1)C(C)(C)c1ccccc1-3)CCCC2. The molecule has 0 heterocycles. The smallest absolute Gasteiger partial charge is 0.0543 e. The lowest BCUT2D eigenvalue weighted by molar-refractivity contribution is 0.660. The van der Waals surface area contributed by atoms with E-state index in [0.29, 0.717) is 0 Å². The fraction of sp³-hybridized carbons (Fsp3) is 0.160. The van der Waals surface area contributed by atoms with Crippen molar-refractivity contribution in [2.75, 3.05) is 4.90 Å². The normalized spacial score (nSPS) is 14.0. The highest BCUT2D eigenvalue weighted by Gasteiger charge is 2.37. The zero-order valence-electron chi connectivity index (χ0n) is 29.8. The van der Waals surface area contributed by atoms with Crippen LogP contribution in [0.2, 0.25) is 0 Å². The van der Waals surface area contributed by atoms with Crippen LogP contribution in [0.4, 0.5) is 17.1 Å². The predicted octanol–water partition coefficient (Wildman–Crippen LogP) is 13.7. The number of anilines is 3. The van der Waals surface area contributed by atoms with Crippen LogP contribution in [0.5, 0.6) is 0 Å². The van der Waals surface area contributed by atoms with Crippen molar-refractivity contribution >= 4 is 17.1 Å². The molecule has 2 aliphatic rings. The molecule has 0 bridgehead atoms. The summed E-state index contributed by atoms with van der Waals surface area (Å²) < 4.78 is 0. The lowest BCUT2D eigenvalue weighted by Gasteiger charge is -2.32. The maximum atomic E-state index is 2.54. The van der Waals surface area contributed by atoms with Crippen molar-refractivity contribution in [2.45, 2.75) is 51.9 Å². The van der Waals surface area contributed by atoms with E-state index in [1.807, 2.05) is 0 Å².